The van der Waals surface area contributed by atoms with Crippen LogP contribution >= 0.6 is 11.3 Å². The van der Waals surface area contributed by atoms with Gasteiger partial charge in [0, 0.05) is 18.9 Å². The largest absolute Gasteiger partial charge is 0.485 e. The van der Waals surface area contributed by atoms with Crippen LogP contribution < -0.4 is 14.5 Å². The molecule has 4 rings (SSSR count). The van der Waals surface area contributed by atoms with Crippen molar-refractivity contribution in [2.45, 2.75) is 6.92 Å². The molecule has 9 heteroatoms. The van der Waals surface area contributed by atoms with Crippen LogP contribution in [0.25, 0.3) is 10.2 Å². The first-order valence-electron chi connectivity index (χ1n) is 10.1. The van der Waals surface area contributed by atoms with Crippen molar-refractivity contribution in [1.29, 1.82) is 0 Å². The Balaban J connectivity index is 1.72. The van der Waals surface area contributed by atoms with Crippen LogP contribution in [0.4, 0.5) is 10.9 Å². The van der Waals surface area contributed by atoms with Crippen LogP contribution in [0.1, 0.15) is 12.5 Å². The van der Waals surface area contributed by atoms with Gasteiger partial charge in [0.05, 0.1) is 16.4 Å². The van der Waals surface area contributed by atoms with Gasteiger partial charge in [0.15, 0.2) is 18.4 Å². The van der Waals surface area contributed by atoms with Crippen LogP contribution in [0.3, 0.4) is 0 Å². The lowest BCUT2D eigenvalue weighted by Gasteiger charge is -2.15. The molecule has 2 heterocycles. The molecular weight excluding hydrogens is 440 g/mol. The number of Topliss-reactive ketones (excluding diaryl/α,β-unsaturated/α-hetero) is 1. The van der Waals surface area contributed by atoms with Gasteiger partial charge in [0.25, 0.3) is 0 Å². The van der Waals surface area contributed by atoms with Crippen LogP contribution in [0, 0.1) is 0 Å². The summed E-state index contributed by atoms with van der Waals surface area (Å²) in [6, 6.07) is 18.7. The van der Waals surface area contributed by atoms with E-state index in [0.717, 1.165) is 10.2 Å². The summed E-state index contributed by atoms with van der Waals surface area (Å²) in [7, 11) is 1.55. The third-order valence-corrected chi connectivity index (χ3v) is 5.41. The number of pyridine rings is 1. The molecule has 0 saturated heterocycles. The second-order valence-electron chi connectivity index (χ2n) is 6.95. The topological polar surface area (TPSA) is 86.1 Å². The molecule has 0 fully saturated rings. The van der Waals surface area contributed by atoms with Gasteiger partial charge in [-0.2, -0.15) is 10.1 Å². The van der Waals surface area contributed by atoms with Gasteiger partial charge in [-0.05, 0) is 49.4 Å². The van der Waals surface area contributed by atoms with E-state index >= 15 is 0 Å². The predicted molar refractivity (Wildman–Crippen MR) is 129 cm³/mol. The number of ether oxygens (including phenoxy) is 3. The number of thiazole rings is 1. The molecule has 4 aromatic rings. The van der Waals surface area contributed by atoms with Crippen molar-refractivity contribution in [2.75, 3.05) is 25.5 Å². The predicted octanol–water partition coefficient (Wildman–Crippen LogP) is 4.81. The third-order valence-electron chi connectivity index (χ3n) is 4.40. The lowest BCUT2D eigenvalue weighted by atomic mass is 10.2. The van der Waals surface area contributed by atoms with Crippen LogP contribution in [-0.4, -0.2) is 42.5 Å². The minimum atomic E-state index is -0.0813. The number of carbonyl (C=O) groups is 1. The van der Waals surface area contributed by atoms with E-state index in [1.807, 2.05) is 42.5 Å². The van der Waals surface area contributed by atoms with Gasteiger partial charge >= 0.3 is 0 Å². The van der Waals surface area contributed by atoms with Gasteiger partial charge in [0.2, 0.25) is 5.13 Å². The fourth-order valence-corrected chi connectivity index (χ4v) is 3.84. The van der Waals surface area contributed by atoms with Crippen molar-refractivity contribution in [1.82, 2.24) is 9.97 Å². The molecule has 33 heavy (non-hydrogen) atoms. The fraction of sp³-hybridized carbons (Fsp3) is 0.167. The monoisotopic (exact) mass is 462 g/mol. The summed E-state index contributed by atoms with van der Waals surface area (Å²) >= 11 is 1.51. The van der Waals surface area contributed by atoms with Gasteiger partial charge < -0.3 is 14.2 Å². The lowest BCUT2D eigenvalue weighted by Crippen LogP contribution is -2.12. The molecule has 0 N–H and O–H groups in total. The Morgan fingerprint density at radius 3 is 2.73 bits per heavy atom. The molecule has 2 aromatic carbocycles. The second kappa shape index (κ2) is 10.7. The Bertz CT molecular complexity index is 1230. The Morgan fingerprint density at radius 1 is 1.12 bits per heavy atom. The maximum absolute atomic E-state index is 11.4. The highest BCUT2D eigenvalue weighted by molar-refractivity contribution is 7.22. The number of benzene rings is 2. The summed E-state index contributed by atoms with van der Waals surface area (Å²) in [6.07, 6.45) is 3.33. The zero-order chi connectivity index (χ0) is 23.0. The second-order valence-corrected chi connectivity index (χ2v) is 7.96. The van der Waals surface area contributed by atoms with Gasteiger partial charge in [0.1, 0.15) is 18.1 Å². The molecule has 0 saturated carbocycles. The standard InChI is InChI=1S/C24H22N4O4S/c1-17(29)15-31-21-11-10-19(32-16-30-2)13-18(21)14-26-28(23-9-5-6-12-25-23)24-27-20-7-3-4-8-22(20)33-24/h3-14H,15-16H2,1-2H3/b26-14+. The van der Waals surface area contributed by atoms with Crippen molar-refractivity contribution in [3.63, 3.8) is 0 Å². The maximum atomic E-state index is 11.4. The molecule has 0 unspecified atom stereocenters. The number of methoxy groups -OCH3 is 1. The maximum Gasteiger partial charge on any atom is 0.213 e. The van der Waals surface area contributed by atoms with E-state index in [-0.39, 0.29) is 19.2 Å². The van der Waals surface area contributed by atoms with Crippen molar-refractivity contribution >= 4 is 44.5 Å². The van der Waals surface area contributed by atoms with E-state index < -0.39 is 0 Å². The number of anilines is 2. The van der Waals surface area contributed by atoms with Crippen LogP contribution in [0.5, 0.6) is 11.5 Å². The number of aromatic nitrogens is 2. The first-order valence-corrected chi connectivity index (χ1v) is 10.9. The number of nitrogens with zero attached hydrogens (tertiary/aromatic N) is 4. The first kappa shape index (κ1) is 22.4. The zero-order valence-corrected chi connectivity index (χ0v) is 19.0. The number of carbonyl (C=O) groups excluding carboxylic acids is 1. The quantitative estimate of drug-likeness (QED) is 0.190. The summed E-state index contributed by atoms with van der Waals surface area (Å²) in [4.78, 5) is 20.6. The Hall–Kier alpha value is -3.82. The highest BCUT2D eigenvalue weighted by atomic mass is 32.1. The Labute approximate surface area is 195 Å². The molecule has 2 aromatic heterocycles. The van der Waals surface area contributed by atoms with E-state index in [9.17, 15) is 4.79 Å². The lowest BCUT2D eigenvalue weighted by molar-refractivity contribution is -0.118. The molecule has 0 aliphatic heterocycles. The summed E-state index contributed by atoms with van der Waals surface area (Å²) < 4.78 is 17.3. The number of fused-ring (bicyclic) bond motifs is 1. The van der Waals surface area contributed by atoms with E-state index in [4.69, 9.17) is 19.2 Å². The molecule has 0 spiro atoms. The number of ketones is 1. The third kappa shape index (κ3) is 5.71. The zero-order valence-electron chi connectivity index (χ0n) is 18.2. The van der Waals surface area contributed by atoms with Gasteiger partial charge in [-0.15, -0.1) is 0 Å². The molecule has 0 aliphatic rings. The summed E-state index contributed by atoms with van der Waals surface area (Å²) in [5.41, 5.74) is 1.51. The highest BCUT2D eigenvalue weighted by Gasteiger charge is 2.15. The molecule has 8 nitrogen and oxygen atoms in total. The number of para-hydroxylation sites is 1. The fourth-order valence-electron chi connectivity index (χ4n) is 2.91. The van der Waals surface area contributed by atoms with Crippen molar-refractivity contribution in [3.05, 3.63) is 72.4 Å². The van der Waals surface area contributed by atoms with Crippen molar-refractivity contribution in [3.8, 4) is 11.5 Å². The Morgan fingerprint density at radius 2 is 1.97 bits per heavy atom. The summed E-state index contributed by atoms with van der Waals surface area (Å²) in [5.74, 6) is 1.62. The minimum absolute atomic E-state index is 0.0407. The van der Waals surface area contributed by atoms with Gasteiger partial charge in [-0.25, -0.2) is 9.97 Å². The minimum Gasteiger partial charge on any atom is -0.485 e. The average molecular weight is 463 g/mol. The number of hydrogen-bond donors (Lipinski definition) is 0. The highest BCUT2D eigenvalue weighted by Crippen LogP contribution is 2.33. The van der Waals surface area contributed by atoms with E-state index in [1.165, 1.54) is 18.3 Å². The molecule has 0 bridgehead atoms. The SMILES string of the molecule is COCOc1ccc(OCC(C)=O)c(/C=N/N(c2ccccn2)c2nc3ccccc3s2)c1. The average Bonchev–Trinajstić information content (AvgIpc) is 3.26. The van der Waals surface area contributed by atoms with Crippen LogP contribution in [0.15, 0.2) is 72.0 Å². The Kier molecular flexibility index (Phi) is 7.23. The van der Waals surface area contributed by atoms with Crippen LogP contribution in [-0.2, 0) is 9.53 Å². The molecule has 0 atom stereocenters. The van der Waals surface area contributed by atoms with E-state index in [2.05, 4.69) is 10.1 Å². The molecule has 168 valence electrons. The van der Waals surface area contributed by atoms with Crippen LogP contribution in [0.2, 0.25) is 0 Å². The summed E-state index contributed by atoms with van der Waals surface area (Å²) in [6.45, 7) is 1.54. The normalized spacial score (nSPS) is 11.1. The summed E-state index contributed by atoms with van der Waals surface area (Å²) in [5, 5.41) is 7.02. The van der Waals surface area contributed by atoms with Gasteiger partial charge in [-0.3, -0.25) is 4.79 Å². The molecular formula is C24H22N4O4S. The molecule has 0 amide bonds. The smallest absolute Gasteiger partial charge is 0.213 e. The van der Waals surface area contributed by atoms with Crippen molar-refractivity contribution < 1.29 is 19.0 Å². The van der Waals surface area contributed by atoms with E-state index in [1.54, 1.807) is 42.7 Å². The van der Waals surface area contributed by atoms with E-state index in [0.29, 0.717) is 28.0 Å². The van der Waals surface area contributed by atoms with Crippen molar-refractivity contribution in [2.24, 2.45) is 5.10 Å². The van der Waals surface area contributed by atoms with Gasteiger partial charge in [-0.1, -0.05) is 29.5 Å². The molecule has 0 radical (unpaired) electrons. The first-order chi connectivity index (χ1) is 16.1. The molecule has 0 aliphatic carbocycles. The number of hydrazone groups is 1. The number of rotatable bonds is 10. The number of hydrogen-bond acceptors (Lipinski definition) is 9.